The highest BCUT2D eigenvalue weighted by atomic mass is 14.9. The fourth-order valence-corrected chi connectivity index (χ4v) is 0.982. The molecule has 0 aromatic heterocycles. The van der Waals surface area contributed by atoms with Crippen molar-refractivity contribution >= 4 is 0 Å². The van der Waals surface area contributed by atoms with Crippen molar-refractivity contribution in [2.75, 3.05) is 7.05 Å². The van der Waals surface area contributed by atoms with Gasteiger partial charge in [0.15, 0.2) is 0 Å². The van der Waals surface area contributed by atoms with E-state index in [0.717, 1.165) is 12.0 Å². The maximum absolute atomic E-state index is 3.94. The van der Waals surface area contributed by atoms with Gasteiger partial charge in [-0.25, -0.2) is 0 Å². The summed E-state index contributed by atoms with van der Waals surface area (Å²) < 4.78 is 0. The topological polar surface area (TPSA) is 12.0 Å². The van der Waals surface area contributed by atoms with Crippen molar-refractivity contribution in [2.24, 2.45) is 0 Å². The first-order valence-corrected chi connectivity index (χ1v) is 3.75. The van der Waals surface area contributed by atoms with Gasteiger partial charge in [0.05, 0.1) is 0 Å². The van der Waals surface area contributed by atoms with Gasteiger partial charge in [0.1, 0.15) is 0 Å². The number of allylic oxidation sites excluding steroid dienone is 1. The Labute approximate surface area is 63.8 Å². The lowest BCUT2D eigenvalue weighted by Gasteiger charge is -2.13. The number of hydrogen-bond acceptors (Lipinski definition) is 1. The molecule has 0 aliphatic heterocycles. The number of rotatable bonds is 4. The summed E-state index contributed by atoms with van der Waals surface area (Å²) in [5.41, 5.74) is 1.16. The Morgan fingerprint density at radius 3 is 2.60 bits per heavy atom. The number of nitrogens with one attached hydrogen (secondary N) is 1. The van der Waals surface area contributed by atoms with Crippen LogP contribution in [0.25, 0.3) is 0 Å². The van der Waals surface area contributed by atoms with Crippen LogP contribution in [0.4, 0.5) is 0 Å². The minimum atomic E-state index is 0.441. The summed E-state index contributed by atoms with van der Waals surface area (Å²) in [5.74, 6) is 0. The molecule has 0 heterocycles. The summed E-state index contributed by atoms with van der Waals surface area (Å²) in [6, 6.07) is 0.441. The summed E-state index contributed by atoms with van der Waals surface area (Å²) in [4.78, 5) is 0. The first kappa shape index (κ1) is 9.44. The van der Waals surface area contributed by atoms with Gasteiger partial charge in [-0.05, 0) is 26.0 Å². The maximum Gasteiger partial charge on any atom is 0.0308 e. The Bertz CT molecular complexity index is 121. The van der Waals surface area contributed by atoms with E-state index in [9.17, 15) is 0 Å². The Morgan fingerprint density at radius 1 is 1.70 bits per heavy atom. The Morgan fingerprint density at radius 2 is 2.30 bits per heavy atom. The van der Waals surface area contributed by atoms with E-state index < -0.39 is 0 Å². The van der Waals surface area contributed by atoms with Crippen LogP contribution in [0.5, 0.6) is 0 Å². The molecule has 10 heavy (non-hydrogen) atoms. The van der Waals surface area contributed by atoms with Crippen molar-refractivity contribution < 1.29 is 0 Å². The second-order valence-corrected chi connectivity index (χ2v) is 2.32. The average Bonchev–Trinajstić information content (AvgIpc) is 1.91. The van der Waals surface area contributed by atoms with Crippen molar-refractivity contribution in [3.8, 4) is 0 Å². The van der Waals surface area contributed by atoms with Gasteiger partial charge in [0, 0.05) is 6.04 Å². The smallest absolute Gasteiger partial charge is 0.0308 e. The van der Waals surface area contributed by atoms with Crippen LogP contribution < -0.4 is 5.32 Å². The molecule has 1 heteroatoms. The summed E-state index contributed by atoms with van der Waals surface area (Å²) >= 11 is 0. The van der Waals surface area contributed by atoms with Gasteiger partial charge in [-0.3, -0.25) is 0 Å². The minimum absolute atomic E-state index is 0.441. The first-order valence-electron chi connectivity index (χ1n) is 3.75. The van der Waals surface area contributed by atoms with Crippen LogP contribution in [-0.2, 0) is 0 Å². The summed E-state index contributed by atoms with van der Waals surface area (Å²) in [7, 11) is 1.96. The minimum Gasteiger partial charge on any atom is -0.313 e. The molecule has 0 radical (unpaired) electrons. The first-order chi connectivity index (χ1) is 4.76. The van der Waals surface area contributed by atoms with E-state index in [1.165, 1.54) is 0 Å². The highest BCUT2D eigenvalue weighted by Gasteiger charge is 2.02. The van der Waals surface area contributed by atoms with Crippen LogP contribution in [-0.4, -0.2) is 13.1 Å². The van der Waals surface area contributed by atoms with E-state index in [1.54, 1.807) is 0 Å². The second-order valence-electron chi connectivity index (χ2n) is 2.32. The molecule has 0 rings (SSSR count). The van der Waals surface area contributed by atoms with E-state index in [4.69, 9.17) is 0 Å². The molecule has 0 aromatic carbocycles. The van der Waals surface area contributed by atoms with Gasteiger partial charge in [-0.1, -0.05) is 25.7 Å². The molecule has 1 nitrogen and oxygen atoms in total. The quantitative estimate of drug-likeness (QED) is 0.588. The van der Waals surface area contributed by atoms with Gasteiger partial charge in [0.2, 0.25) is 0 Å². The van der Waals surface area contributed by atoms with E-state index in [1.807, 2.05) is 26.1 Å². The standard InChI is InChI=1S/C9H17N/c1-5-7-8(3)9(6-2)10-4/h5,7,9-10H,3,6H2,1-2,4H3/b7-5-. The molecule has 0 spiro atoms. The van der Waals surface area contributed by atoms with E-state index in [2.05, 4.69) is 18.8 Å². The number of hydrogen-bond donors (Lipinski definition) is 1. The molecule has 0 saturated heterocycles. The largest absolute Gasteiger partial charge is 0.313 e. The molecule has 1 N–H and O–H groups in total. The molecular formula is C9H17N. The van der Waals surface area contributed by atoms with Crippen molar-refractivity contribution in [3.63, 3.8) is 0 Å². The monoisotopic (exact) mass is 139 g/mol. The molecule has 1 atom stereocenters. The predicted octanol–water partition coefficient (Wildman–Crippen LogP) is 2.12. The fraction of sp³-hybridized carbons (Fsp3) is 0.556. The third-order valence-corrected chi connectivity index (χ3v) is 1.59. The molecule has 58 valence electrons. The molecular weight excluding hydrogens is 122 g/mol. The molecule has 0 aromatic rings. The molecule has 0 amide bonds. The normalized spacial score (nSPS) is 13.9. The van der Waals surface area contributed by atoms with Crippen molar-refractivity contribution in [1.29, 1.82) is 0 Å². The van der Waals surface area contributed by atoms with Crippen molar-refractivity contribution in [3.05, 3.63) is 24.3 Å². The van der Waals surface area contributed by atoms with Crippen LogP contribution >= 0.6 is 0 Å². The van der Waals surface area contributed by atoms with E-state index in [0.29, 0.717) is 6.04 Å². The van der Waals surface area contributed by atoms with Crippen LogP contribution in [0.2, 0.25) is 0 Å². The van der Waals surface area contributed by atoms with Crippen molar-refractivity contribution in [2.45, 2.75) is 26.3 Å². The summed E-state index contributed by atoms with van der Waals surface area (Å²) in [6.45, 7) is 8.09. The fourth-order valence-electron chi connectivity index (χ4n) is 0.982. The van der Waals surface area contributed by atoms with Crippen molar-refractivity contribution in [1.82, 2.24) is 5.32 Å². The molecule has 0 aliphatic rings. The Balaban J connectivity index is 3.89. The zero-order chi connectivity index (χ0) is 7.98. The van der Waals surface area contributed by atoms with E-state index >= 15 is 0 Å². The SMILES string of the molecule is C=C(/C=C\C)C(CC)NC. The highest BCUT2D eigenvalue weighted by molar-refractivity contribution is 5.19. The van der Waals surface area contributed by atoms with Gasteiger partial charge >= 0.3 is 0 Å². The van der Waals surface area contributed by atoms with Gasteiger partial charge in [-0.15, -0.1) is 0 Å². The summed E-state index contributed by atoms with van der Waals surface area (Å²) in [5, 5.41) is 3.19. The Hall–Kier alpha value is -0.560. The third-order valence-electron chi connectivity index (χ3n) is 1.59. The molecule has 0 fully saturated rings. The predicted molar refractivity (Wildman–Crippen MR) is 47.1 cm³/mol. The molecule has 0 saturated carbocycles. The van der Waals surface area contributed by atoms with E-state index in [-0.39, 0.29) is 0 Å². The second kappa shape index (κ2) is 5.24. The Kier molecular flexibility index (Phi) is 4.95. The van der Waals surface area contributed by atoms with Crippen LogP contribution in [0.3, 0.4) is 0 Å². The lowest BCUT2D eigenvalue weighted by atomic mass is 10.1. The van der Waals surface area contributed by atoms with Gasteiger partial charge < -0.3 is 5.32 Å². The average molecular weight is 139 g/mol. The lowest BCUT2D eigenvalue weighted by molar-refractivity contribution is 0.629. The zero-order valence-electron chi connectivity index (χ0n) is 7.15. The van der Waals surface area contributed by atoms with Crippen LogP contribution in [0.15, 0.2) is 24.3 Å². The third kappa shape index (κ3) is 2.83. The lowest BCUT2D eigenvalue weighted by Crippen LogP contribution is -2.25. The highest BCUT2D eigenvalue weighted by Crippen LogP contribution is 2.03. The molecule has 0 aliphatic carbocycles. The maximum atomic E-state index is 3.94. The number of likely N-dealkylation sites (N-methyl/N-ethyl adjacent to an activating group) is 1. The molecule has 1 unspecified atom stereocenters. The molecule has 0 bridgehead atoms. The zero-order valence-corrected chi connectivity index (χ0v) is 7.15. The summed E-state index contributed by atoms with van der Waals surface area (Å²) in [6.07, 6.45) is 5.16. The van der Waals surface area contributed by atoms with Gasteiger partial charge in [-0.2, -0.15) is 0 Å². The van der Waals surface area contributed by atoms with Crippen LogP contribution in [0.1, 0.15) is 20.3 Å². The van der Waals surface area contributed by atoms with Crippen LogP contribution in [0, 0.1) is 0 Å². The van der Waals surface area contributed by atoms with Gasteiger partial charge in [0.25, 0.3) is 0 Å².